The lowest BCUT2D eigenvalue weighted by atomic mass is 9.82. The highest BCUT2D eigenvalue weighted by molar-refractivity contribution is 5.89. The molecule has 1 aromatic rings. The Labute approximate surface area is 108 Å². The Morgan fingerprint density at radius 1 is 1.56 bits per heavy atom. The second-order valence-electron chi connectivity index (χ2n) is 4.94. The standard InChI is InChI=1S/C14H19N3O/c1-3-11-8-12(17(4-2)16-11)9-14(10-15)7-5-6-13(14)18/h8H,3-7,9H2,1-2H3. The zero-order valence-corrected chi connectivity index (χ0v) is 11.1. The Morgan fingerprint density at radius 3 is 2.83 bits per heavy atom. The third kappa shape index (κ3) is 2.05. The van der Waals surface area contributed by atoms with Crippen LogP contribution in [0, 0.1) is 16.7 Å². The van der Waals surface area contributed by atoms with Gasteiger partial charge in [0.15, 0.2) is 5.78 Å². The van der Waals surface area contributed by atoms with Crippen molar-refractivity contribution in [3.8, 4) is 6.07 Å². The van der Waals surface area contributed by atoms with Crippen molar-refractivity contribution in [3.05, 3.63) is 17.5 Å². The summed E-state index contributed by atoms with van der Waals surface area (Å²) in [6, 6.07) is 4.30. The van der Waals surface area contributed by atoms with E-state index >= 15 is 0 Å². The molecule has 1 saturated carbocycles. The molecule has 0 N–H and O–H groups in total. The minimum absolute atomic E-state index is 0.104. The van der Waals surface area contributed by atoms with Gasteiger partial charge < -0.3 is 0 Å². The van der Waals surface area contributed by atoms with Crippen LogP contribution in [-0.4, -0.2) is 15.6 Å². The maximum Gasteiger partial charge on any atom is 0.153 e. The second-order valence-corrected chi connectivity index (χ2v) is 4.94. The SMILES string of the molecule is CCc1cc(CC2(C#N)CCCC2=O)n(CC)n1. The predicted octanol–water partition coefficient (Wildman–Crippen LogP) is 2.27. The van der Waals surface area contributed by atoms with E-state index in [4.69, 9.17) is 0 Å². The lowest BCUT2D eigenvalue weighted by Gasteiger charge is -2.18. The van der Waals surface area contributed by atoms with E-state index in [1.54, 1.807) is 0 Å². The van der Waals surface area contributed by atoms with Crippen molar-refractivity contribution in [2.24, 2.45) is 5.41 Å². The normalized spacial score (nSPS) is 23.3. The minimum Gasteiger partial charge on any atom is -0.298 e. The molecule has 1 atom stereocenters. The molecular weight excluding hydrogens is 226 g/mol. The summed E-state index contributed by atoms with van der Waals surface area (Å²) in [4.78, 5) is 12.0. The van der Waals surface area contributed by atoms with Crippen molar-refractivity contribution in [1.29, 1.82) is 5.26 Å². The van der Waals surface area contributed by atoms with Crippen LogP contribution < -0.4 is 0 Å². The molecule has 0 radical (unpaired) electrons. The monoisotopic (exact) mass is 245 g/mol. The summed E-state index contributed by atoms with van der Waals surface area (Å²) >= 11 is 0. The summed E-state index contributed by atoms with van der Waals surface area (Å²) in [5, 5.41) is 13.9. The quantitative estimate of drug-likeness (QED) is 0.817. The number of ketones is 1. The summed E-state index contributed by atoms with van der Waals surface area (Å²) in [6.45, 7) is 4.88. The number of Topliss-reactive ketones (excluding diaryl/α,β-unsaturated/α-hetero) is 1. The number of hydrogen-bond donors (Lipinski definition) is 0. The molecule has 1 heterocycles. The predicted molar refractivity (Wildman–Crippen MR) is 67.9 cm³/mol. The third-order valence-electron chi connectivity index (χ3n) is 3.81. The van der Waals surface area contributed by atoms with Crippen LogP contribution in [0.2, 0.25) is 0 Å². The number of rotatable bonds is 4. The van der Waals surface area contributed by atoms with Crippen molar-refractivity contribution in [2.45, 2.75) is 52.5 Å². The van der Waals surface area contributed by atoms with Gasteiger partial charge in [-0.1, -0.05) is 6.92 Å². The van der Waals surface area contributed by atoms with Crippen molar-refractivity contribution < 1.29 is 4.79 Å². The van der Waals surface area contributed by atoms with Gasteiger partial charge in [-0.3, -0.25) is 9.48 Å². The zero-order valence-electron chi connectivity index (χ0n) is 11.1. The molecule has 96 valence electrons. The Morgan fingerprint density at radius 2 is 2.33 bits per heavy atom. The number of carbonyl (C=O) groups excluding carboxylic acids is 1. The number of carbonyl (C=O) groups is 1. The summed E-state index contributed by atoms with van der Waals surface area (Å²) in [5.41, 5.74) is 1.26. The summed E-state index contributed by atoms with van der Waals surface area (Å²) in [5.74, 6) is 0.104. The molecule has 0 spiro atoms. The van der Waals surface area contributed by atoms with Gasteiger partial charge >= 0.3 is 0 Å². The lowest BCUT2D eigenvalue weighted by molar-refractivity contribution is -0.123. The van der Waals surface area contributed by atoms with E-state index < -0.39 is 5.41 Å². The molecule has 1 aromatic heterocycles. The van der Waals surface area contributed by atoms with E-state index in [-0.39, 0.29) is 5.78 Å². The molecule has 0 saturated heterocycles. The topological polar surface area (TPSA) is 58.7 Å². The molecular formula is C14H19N3O. The van der Waals surface area contributed by atoms with Gasteiger partial charge in [-0.15, -0.1) is 0 Å². The number of aryl methyl sites for hydroxylation is 2. The van der Waals surface area contributed by atoms with Crippen LogP contribution in [0.5, 0.6) is 0 Å². The van der Waals surface area contributed by atoms with Crippen LogP contribution in [-0.2, 0) is 24.2 Å². The largest absolute Gasteiger partial charge is 0.298 e. The van der Waals surface area contributed by atoms with Crippen LogP contribution in [0.3, 0.4) is 0 Å². The molecule has 1 aliphatic carbocycles. The molecule has 0 aromatic carbocycles. The average molecular weight is 245 g/mol. The molecule has 1 unspecified atom stereocenters. The Hall–Kier alpha value is -1.63. The van der Waals surface area contributed by atoms with E-state index in [9.17, 15) is 10.1 Å². The number of hydrogen-bond acceptors (Lipinski definition) is 3. The number of nitrogens with zero attached hydrogens (tertiary/aromatic N) is 3. The summed E-state index contributed by atoms with van der Waals surface area (Å²) < 4.78 is 1.92. The van der Waals surface area contributed by atoms with Crippen molar-refractivity contribution in [2.75, 3.05) is 0 Å². The fourth-order valence-electron chi connectivity index (χ4n) is 2.69. The van der Waals surface area contributed by atoms with Crippen LogP contribution in [0.4, 0.5) is 0 Å². The first kappa shape index (κ1) is 12.8. The van der Waals surface area contributed by atoms with E-state index in [2.05, 4.69) is 18.1 Å². The number of aromatic nitrogens is 2. The fraction of sp³-hybridized carbons (Fsp3) is 0.643. The van der Waals surface area contributed by atoms with Gasteiger partial charge in [-0.05, 0) is 32.3 Å². The van der Waals surface area contributed by atoms with Crippen molar-refractivity contribution in [1.82, 2.24) is 9.78 Å². The van der Waals surface area contributed by atoms with E-state index in [0.29, 0.717) is 19.3 Å². The van der Waals surface area contributed by atoms with Crippen LogP contribution in [0.25, 0.3) is 0 Å². The highest BCUT2D eigenvalue weighted by atomic mass is 16.1. The van der Waals surface area contributed by atoms with Gasteiger partial charge in [0.1, 0.15) is 5.41 Å². The second kappa shape index (κ2) is 4.93. The van der Waals surface area contributed by atoms with Crippen molar-refractivity contribution in [3.63, 3.8) is 0 Å². The van der Waals surface area contributed by atoms with Gasteiger partial charge in [0, 0.05) is 25.1 Å². The molecule has 4 heteroatoms. The highest BCUT2D eigenvalue weighted by Crippen LogP contribution is 2.37. The van der Waals surface area contributed by atoms with Crippen LogP contribution >= 0.6 is 0 Å². The van der Waals surface area contributed by atoms with E-state index in [1.165, 1.54) is 0 Å². The Balaban J connectivity index is 2.30. The molecule has 0 aliphatic heterocycles. The van der Waals surface area contributed by atoms with Crippen LogP contribution in [0.1, 0.15) is 44.5 Å². The maximum absolute atomic E-state index is 12.0. The first-order valence-electron chi connectivity index (χ1n) is 6.65. The summed E-state index contributed by atoms with van der Waals surface area (Å²) in [7, 11) is 0. The zero-order chi connectivity index (χ0) is 13.2. The van der Waals surface area contributed by atoms with Gasteiger partial charge in [0.05, 0.1) is 11.8 Å². The molecule has 0 amide bonds. The lowest BCUT2D eigenvalue weighted by Crippen LogP contribution is -2.27. The van der Waals surface area contributed by atoms with Gasteiger partial charge in [-0.25, -0.2) is 0 Å². The van der Waals surface area contributed by atoms with E-state index in [1.807, 2.05) is 17.7 Å². The smallest absolute Gasteiger partial charge is 0.153 e. The number of nitriles is 1. The molecule has 0 bridgehead atoms. The van der Waals surface area contributed by atoms with Gasteiger partial charge in [-0.2, -0.15) is 10.4 Å². The van der Waals surface area contributed by atoms with E-state index in [0.717, 1.165) is 30.8 Å². The first-order valence-corrected chi connectivity index (χ1v) is 6.65. The maximum atomic E-state index is 12.0. The van der Waals surface area contributed by atoms with Crippen molar-refractivity contribution >= 4 is 5.78 Å². The Kier molecular flexibility index (Phi) is 3.51. The van der Waals surface area contributed by atoms with Gasteiger partial charge in [0.2, 0.25) is 0 Å². The third-order valence-corrected chi connectivity index (χ3v) is 3.81. The minimum atomic E-state index is -0.794. The summed E-state index contributed by atoms with van der Waals surface area (Å²) in [6.07, 6.45) is 3.48. The molecule has 2 rings (SSSR count). The highest BCUT2D eigenvalue weighted by Gasteiger charge is 2.43. The van der Waals surface area contributed by atoms with Crippen LogP contribution in [0.15, 0.2) is 6.07 Å². The fourth-order valence-corrected chi connectivity index (χ4v) is 2.69. The molecule has 1 aliphatic rings. The molecule has 18 heavy (non-hydrogen) atoms. The van der Waals surface area contributed by atoms with Gasteiger partial charge in [0.25, 0.3) is 0 Å². The Bertz CT molecular complexity index is 498. The first-order chi connectivity index (χ1) is 8.65. The molecule has 1 fully saturated rings. The molecule has 4 nitrogen and oxygen atoms in total. The average Bonchev–Trinajstić information content (AvgIpc) is 2.94.